The van der Waals surface area contributed by atoms with Crippen LogP contribution in [0.4, 0.5) is 0 Å². The fraction of sp³-hybridized carbons (Fsp3) is 0.583. The molecule has 5 rings (SSSR count). The van der Waals surface area contributed by atoms with Gasteiger partial charge in [-0.2, -0.15) is 4.72 Å². The molecule has 1 N–H and O–H groups in total. The number of carbonyl (C=O) groups excluding carboxylic acids is 2. The molecule has 190 valence electrons. The Hall–Kier alpha value is -1.72. The molecule has 0 saturated carbocycles. The first-order chi connectivity index (χ1) is 16.8. The molecule has 1 aromatic carbocycles. The Morgan fingerprint density at radius 1 is 1.06 bits per heavy atom. The standard InChI is InChI=1S/C24H31ClN4O4S2/c25-22-13-17-7-8-19(14-21(17)34-22)35(32,33)26-20-6-4-11-28(24(20)31)16-23(30)29-12-3-5-18(29)15-27-9-1-2-10-27/h7-8,13-14,18,20,26H,1-6,9-12,15-16H2/t18-,20-/m0/s1. The smallest absolute Gasteiger partial charge is 0.242 e. The van der Waals surface area contributed by atoms with E-state index < -0.39 is 16.1 Å². The number of fused-ring (bicyclic) bond motifs is 1. The minimum atomic E-state index is -3.90. The van der Waals surface area contributed by atoms with E-state index in [1.165, 1.54) is 35.1 Å². The second-order valence-electron chi connectivity index (χ2n) is 9.72. The van der Waals surface area contributed by atoms with Crippen LogP contribution in [0.3, 0.4) is 0 Å². The van der Waals surface area contributed by atoms with E-state index in [1.807, 2.05) is 4.90 Å². The van der Waals surface area contributed by atoms with Crippen molar-refractivity contribution in [2.45, 2.75) is 55.5 Å². The lowest BCUT2D eigenvalue weighted by Crippen LogP contribution is -2.55. The van der Waals surface area contributed by atoms with Gasteiger partial charge in [0.05, 0.1) is 15.8 Å². The molecular weight excluding hydrogens is 508 g/mol. The molecule has 3 aliphatic rings. The maximum Gasteiger partial charge on any atom is 0.242 e. The first kappa shape index (κ1) is 25.0. The van der Waals surface area contributed by atoms with Gasteiger partial charge >= 0.3 is 0 Å². The van der Waals surface area contributed by atoms with E-state index in [0.717, 1.165) is 49.1 Å². The Balaban J connectivity index is 1.22. The van der Waals surface area contributed by atoms with Gasteiger partial charge in [0.2, 0.25) is 21.8 Å². The fourth-order valence-corrected chi connectivity index (χ4v) is 8.00. The molecule has 0 radical (unpaired) electrons. The minimum absolute atomic E-state index is 0.00716. The number of nitrogens with one attached hydrogen (secondary N) is 1. The number of rotatable bonds is 7. The van der Waals surface area contributed by atoms with Gasteiger partial charge in [-0.1, -0.05) is 17.7 Å². The van der Waals surface area contributed by atoms with Crippen LogP contribution in [0.25, 0.3) is 10.1 Å². The van der Waals surface area contributed by atoms with Crippen molar-refractivity contribution in [3.63, 3.8) is 0 Å². The van der Waals surface area contributed by atoms with Gasteiger partial charge in [0.1, 0.15) is 6.04 Å². The predicted molar refractivity (Wildman–Crippen MR) is 137 cm³/mol. The molecule has 0 bridgehead atoms. The molecule has 3 aliphatic heterocycles. The molecule has 2 aromatic rings. The van der Waals surface area contributed by atoms with Crippen LogP contribution in [0, 0.1) is 0 Å². The van der Waals surface area contributed by atoms with Crippen LogP contribution in [0.1, 0.15) is 38.5 Å². The Kier molecular flexibility index (Phi) is 7.37. The van der Waals surface area contributed by atoms with E-state index in [9.17, 15) is 18.0 Å². The van der Waals surface area contributed by atoms with Crippen LogP contribution in [0.15, 0.2) is 29.2 Å². The summed E-state index contributed by atoms with van der Waals surface area (Å²) in [6.07, 6.45) is 5.48. The molecule has 0 aliphatic carbocycles. The number of nitrogens with zero attached hydrogens (tertiary/aromatic N) is 3. The number of piperidine rings is 1. The lowest BCUT2D eigenvalue weighted by molar-refractivity contribution is -0.143. The van der Waals surface area contributed by atoms with Crippen molar-refractivity contribution in [1.29, 1.82) is 0 Å². The zero-order chi connectivity index (χ0) is 24.6. The summed E-state index contributed by atoms with van der Waals surface area (Å²) in [5.41, 5.74) is 0. The molecular formula is C24H31ClN4O4S2. The number of hydrogen-bond acceptors (Lipinski definition) is 6. The Morgan fingerprint density at radius 3 is 2.63 bits per heavy atom. The van der Waals surface area contributed by atoms with E-state index in [0.29, 0.717) is 23.7 Å². The summed E-state index contributed by atoms with van der Waals surface area (Å²) in [6.45, 7) is 4.29. The summed E-state index contributed by atoms with van der Waals surface area (Å²) in [5, 5.41) is 0.877. The largest absolute Gasteiger partial charge is 0.337 e. The van der Waals surface area contributed by atoms with Gasteiger partial charge < -0.3 is 14.7 Å². The molecule has 35 heavy (non-hydrogen) atoms. The van der Waals surface area contributed by atoms with Gasteiger partial charge in [-0.15, -0.1) is 11.3 Å². The van der Waals surface area contributed by atoms with E-state index in [-0.39, 0.29) is 29.3 Å². The van der Waals surface area contributed by atoms with Crippen LogP contribution in [-0.4, -0.2) is 86.3 Å². The summed E-state index contributed by atoms with van der Waals surface area (Å²) >= 11 is 7.36. The highest BCUT2D eigenvalue weighted by Gasteiger charge is 2.36. The molecule has 8 nitrogen and oxygen atoms in total. The van der Waals surface area contributed by atoms with Gasteiger partial charge in [-0.05, 0) is 75.2 Å². The third kappa shape index (κ3) is 5.51. The minimum Gasteiger partial charge on any atom is -0.337 e. The van der Waals surface area contributed by atoms with Crippen LogP contribution in [0.2, 0.25) is 4.34 Å². The molecule has 2 atom stereocenters. The second kappa shape index (κ2) is 10.3. The summed E-state index contributed by atoms with van der Waals surface area (Å²) < 4.78 is 30.0. The number of thiophene rings is 1. The van der Waals surface area contributed by atoms with Gasteiger partial charge in [-0.3, -0.25) is 9.59 Å². The molecule has 0 spiro atoms. The summed E-state index contributed by atoms with van der Waals surface area (Å²) in [7, 11) is -3.90. The number of hydrogen-bond donors (Lipinski definition) is 1. The van der Waals surface area contributed by atoms with Crippen molar-refractivity contribution in [1.82, 2.24) is 19.4 Å². The highest BCUT2D eigenvalue weighted by molar-refractivity contribution is 7.89. The average molecular weight is 539 g/mol. The third-order valence-electron chi connectivity index (χ3n) is 7.29. The number of benzene rings is 1. The number of carbonyl (C=O) groups is 2. The van der Waals surface area contributed by atoms with Gasteiger partial charge in [0, 0.05) is 30.4 Å². The lowest BCUT2D eigenvalue weighted by atomic mass is 10.1. The number of halogens is 1. The molecule has 1 aromatic heterocycles. The lowest BCUT2D eigenvalue weighted by Gasteiger charge is -2.34. The van der Waals surface area contributed by atoms with Gasteiger partial charge in [-0.25, -0.2) is 8.42 Å². The topological polar surface area (TPSA) is 90.0 Å². The van der Waals surface area contributed by atoms with E-state index in [4.69, 9.17) is 11.6 Å². The quantitative estimate of drug-likeness (QED) is 0.585. The van der Waals surface area contributed by atoms with Crippen molar-refractivity contribution >= 4 is 54.9 Å². The average Bonchev–Trinajstić information content (AvgIpc) is 3.56. The van der Waals surface area contributed by atoms with E-state index >= 15 is 0 Å². The maximum absolute atomic E-state index is 13.2. The number of likely N-dealkylation sites (tertiary alicyclic amines) is 3. The molecule has 3 saturated heterocycles. The summed E-state index contributed by atoms with van der Waals surface area (Å²) in [4.78, 5) is 32.3. The van der Waals surface area contributed by atoms with Crippen molar-refractivity contribution in [2.75, 3.05) is 39.3 Å². The van der Waals surface area contributed by atoms with Crippen molar-refractivity contribution < 1.29 is 18.0 Å². The highest BCUT2D eigenvalue weighted by Crippen LogP contribution is 2.31. The predicted octanol–water partition coefficient (Wildman–Crippen LogP) is 2.91. The summed E-state index contributed by atoms with van der Waals surface area (Å²) in [6, 6.07) is 5.95. The fourth-order valence-electron chi connectivity index (χ4n) is 5.48. The number of sulfonamides is 1. The molecule has 2 amide bonds. The molecule has 11 heteroatoms. The van der Waals surface area contributed by atoms with Crippen molar-refractivity contribution in [2.24, 2.45) is 0 Å². The zero-order valence-electron chi connectivity index (χ0n) is 19.6. The van der Waals surface area contributed by atoms with E-state index in [1.54, 1.807) is 18.2 Å². The Bertz CT molecular complexity index is 1210. The van der Waals surface area contributed by atoms with Gasteiger partial charge in [0.15, 0.2) is 0 Å². The monoisotopic (exact) mass is 538 g/mol. The zero-order valence-corrected chi connectivity index (χ0v) is 22.0. The first-order valence-electron chi connectivity index (χ1n) is 12.3. The third-order valence-corrected chi connectivity index (χ3v) is 9.99. The maximum atomic E-state index is 13.2. The molecule has 3 fully saturated rings. The van der Waals surface area contributed by atoms with Crippen LogP contribution < -0.4 is 4.72 Å². The Morgan fingerprint density at radius 2 is 1.83 bits per heavy atom. The summed E-state index contributed by atoms with van der Waals surface area (Å²) in [5.74, 6) is -0.368. The van der Waals surface area contributed by atoms with Crippen molar-refractivity contribution in [3.05, 3.63) is 28.6 Å². The van der Waals surface area contributed by atoms with Crippen molar-refractivity contribution in [3.8, 4) is 0 Å². The van der Waals surface area contributed by atoms with Crippen LogP contribution in [0.5, 0.6) is 0 Å². The Labute approximate surface area is 215 Å². The SMILES string of the molecule is O=C1[C@@H](NS(=O)(=O)c2ccc3cc(Cl)sc3c2)CCCN1CC(=O)N1CCC[C@H]1CN1CCCC1. The molecule has 0 unspecified atom stereocenters. The van der Waals surface area contributed by atoms with E-state index in [2.05, 4.69) is 9.62 Å². The normalized spacial score (nSPS) is 24.1. The van der Waals surface area contributed by atoms with Crippen LogP contribution >= 0.6 is 22.9 Å². The van der Waals surface area contributed by atoms with Crippen LogP contribution in [-0.2, 0) is 19.6 Å². The second-order valence-corrected chi connectivity index (χ2v) is 13.1. The highest BCUT2D eigenvalue weighted by atomic mass is 35.5. The first-order valence-corrected chi connectivity index (χ1v) is 15.0. The number of amides is 2. The molecule has 4 heterocycles. The van der Waals surface area contributed by atoms with Gasteiger partial charge in [0.25, 0.3) is 0 Å².